The molecule has 0 aliphatic carbocycles. The third-order valence-corrected chi connectivity index (χ3v) is 3.68. The molecule has 0 radical (unpaired) electrons. The molecule has 1 aromatic rings. The van der Waals surface area contributed by atoms with Gasteiger partial charge in [-0.2, -0.15) is 0 Å². The highest BCUT2D eigenvalue weighted by molar-refractivity contribution is 6.42. The van der Waals surface area contributed by atoms with E-state index in [1.54, 1.807) is 0 Å². The standard InChI is InChI=1S/C13H19Cl2N/c1-4-16-9-8-13(2,3)10-6-5-7-11(14)12(10)15/h5-7,16H,4,8-9H2,1-3H3. The lowest BCUT2D eigenvalue weighted by Crippen LogP contribution is -2.25. The molecule has 0 heterocycles. The van der Waals surface area contributed by atoms with E-state index in [9.17, 15) is 0 Å². The van der Waals surface area contributed by atoms with Crippen LogP contribution in [0.4, 0.5) is 0 Å². The van der Waals surface area contributed by atoms with E-state index in [1.807, 2.05) is 12.1 Å². The van der Waals surface area contributed by atoms with Crippen LogP contribution in [0.15, 0.2) is 18.2 Å². The number of benzene rings is 1. The molecule has 1 rings (SSSR count). The number of hydrogen-bond acceptors (Lipinski definition) is 1. The first-order valence-electron chi connectivity index (χ1n) is 5.64. The first kappa shape index (κ1) is 13.8. The summed E-state index contributed by atoms with van der Waals surface area (Å²) in [5, 5.41) is 4.65. The van der Waals surface area contributed by atoms with Crippen LogP contribution in [0, 0.1) is 0 Å². The van der Waals surface area contributed by atoms with Crippen LogP contribution in [0.25, 0.3) is 0 Å². The zero-order valence-electron chi connectivity index (χ0n) is 10.1. The van der Waals surface area contributed by atoms with Gasteiger partial charge in [0.05, 0.1) is 10.0 Å². The molecular formula is C13H19Cl2N. The van der Waals surface area contributed by atoms with Crippen LogP contribution in [-0.4, -0.2) is 13.1 Å². The van der Waals surface area contributed by atoms with Gasteiger partial charge in [0, 0.05) is 0 Å². The third kappa shape index (κ3) is 3.38. The Morgan fingerprint density at radius 1 is 1.25 bits per heavy atom. The topological polar surface area (TPSA) is 12.0 Å². The lowest BCUT2D eigenvalue weighted by molar-refractivity contribution is 0.461. The van der Waals surface area contributed by atoms with Crippen molar-refractivity contribution in [2.24, 2.45) is 0 Å². The average molecular weight is 260 g/mol. The number of nitrogens with one attached hydrogen (secondary N) is 1. The second-order valence-corrected chi connectivity index (χ2v) is 5.37. The van der Waals surface area contributed by atoms with Crippen molar-refractivity contribution >= 4 is 23.2 Å². The molecular weight excluding hydrogens is 241 g/mol. The highest BCUT2D eigenvalue weighted by Crippen LogP contribution is 2.36. The van der Waals surface area contributed by atoms with Crippen LogP contribution in [0.2, 0.25) is 10.0 Å². The maximum Gasteiger partial charge on any atom is 0.0629 e. The minimum absolute atomic E-state index is 0.0458. The van der Waals surface area contributed by atoms with Crippen LogP contribution < -0.4 is 5.32 Å². The minimum atomic E-state index is 0.0458. The van der Waals surface area contributed by atoms with Gasteiger partial charge in [0.1, 0.15) is 0 Å². The van der Waals surface area contributed by atoms with Crippen molar-refractivity contribution in [3.05, 3.63) is 33.8 Å². The molecule has 1 nitrogen and oxygen atoms in total. The highest BCUT2D eigenvalue weighted by atomic mass is 35.5. The molecule has 0 fully saturated rings. The normalized spacial score (nSPS) is 11.8. The van der Waals surface area contributed by atoms with Crippen LogP contribution in [-0.2, 0) is 5.41 Å². The van der Waals surface area contributed by atoms with Crippen LogP contribution in [0.5, 0.6) is 0 Å². The predicted molar refractivity (Wildman–Crippen MR) is 72.6 cm³/mol. The number of hydrogen-bond donors (Lipinski definition) is 1. The van der Waals surface area contributed by atoms with Gasteiger partial charge in [-0.15, -0.1) is 0 Å². The number of rotatable bonds is 5. The van der Waals surface area contributed by atoms with Gasteiger partial charge in [0.2, 0.25) is 0 Å². The summed E-state index contributed by atoms with van der Waals surface area (Å²) in [6.45, 7) is 8.49. The Hall–Kier alpha value is -0.240. The fourth-order valence-corrected chi connectivity index (χ4v) is 2.30. The first-order valence-corrected chi connectivity index (χ1v) is 6.40. The monoisotopic (exact) mass is 259 g/mol. The quantitative estimate of drug-likeness (QED) is 0.779. The molecule has 1 aromatic carbocycles. The van der Waals surface area contributed by atoms with Crippen molar-refractivity contribution in [2.75, 3.05) is 13.1 Å². The molecule has 0 saturated carbocycles. The fraction of sp³-hybridized carbons (Fsp3) is 0.538. The minimum Gasteiger partial charge on any atom is -0.317 e. The van der Waals surface area contributed by atoms with E-state index < -0.39 is 0 Å². The molecule has 3 heteroatoms. The summed E-state index contributed by atoms with van der Waals surface area (Å²) in [4.78, 5) is 0. The third-order valence-electron chi connectivity index (χ3n) is 2.86. The Labute approximate surface area is 108 Å². The van der Waals surface area contributed by atoms with Gasteiger partial charge < -0.3 is 5.32 Å². The molecule has 0 unspecified atom stereocenters. The van der Waals surface area contributed by atoms with E-state index in [1.165, 1.54) is 0 Å². The molecule has 0 amide bonds. The van der Waals surface area contributed by atoms with Gasteiger partial charge >= 0.3 is 0 Å². The maximum atomic E-state index is 6.24. The second kappa shape index (κ2) is 5.90. The summed E-state index contributed by atoms with van der Waals surface area (Å²) < 4.78 is 0. The zero-order valence-corrected chi connectivity index (χ0v) is 11.6. The van der Waals surface area contributed by atoms with E-state index >= 15 is 0 Å². The Kier molecular flexibility index (Phi) is 5.10. The summed E-state index contributed by atoms with van der Waals surface area (Å²) >= 11 is 12.3. The van der Waals surface area contributed by atoms with E-state index in [0.29, 0.717) is 10.0 Å². The van der Waals surface area contributed by atoms with Crippen molar-refractivity contribution in [1.82, 2.24) is 5.32 Å². The Bertz CT molecular complexity index is 348. The van der Waals surface area contributed by atoms with Crippen LogP contribution in [0.1, 0.15) is 32.8 Å². The predicted octanol–water partition coefficient (Wildman–Crippen LogP) is 4.27. The smallest absolute Gasteiger partial charge is 0.0629 e. The van der Waals surface area contributed by atoms with Gasteiger partial charge in [-0.1, -0.05) is 56.1 Å². The van der Waals surface area contributed by atoms with Gasteiger partial charge in [0.25, 0.3) is 0 Å². The summed E-state index contributed by atoms with van der Waals surface area (Å²) in [6, 6.07) is 5.84. The van der Waals surface area contributed by atoms with Crippen molar-refractivity contribution in [3.63, 3.8) is 0 Å². The maximum absolute atomic E-state index is 6.24. The first-order chi connectivity index (χ1) is 7.49. The second-order valence-electron chi connectivity index (χ2n) is 4.59. The summed E-state index contributed by atoms with van der Waals surface area (Å²) in [7, 11) is 0. The molecule has 0 bridgehead atoms. The van der Waals surface area contributed by atoms with Crippen LogP contribution in [0.3, 0.4) is 0 Å². The Morgan fingerprint density at radius 2 is 1.94 bits per heavy atom. The van der Waals surface area contributed by atoms with Crippen molar-refractivity contribution in [3.8, 4) is 0 Å². The Morgan fingerprint density at radius 3 is 2.56 bits per heavy atom. The molecule has 16 heavy (non-hydrogen) atoms. The van der Waals surface area contributed by atoms with E-state index in [-0.39, 0.29) is 5.41 Å². The summed E-state index contributed by atoms with van der Waals surface area (Å²) in [6.07, 6.45) is 1.04. The lowest BCUT2D eigenvalue weighted by atomic mass is 9.81. The van der Waals surface area contributed by atoms with Crippen molar-refractivity contribution in [1.29, 1.82) is 0 Å². The fourth-order valence-electron chi connectivity index (χ4n) is 1.74. The molecule has 0 saturated heterocycles. The van der Waals surface area contributed by atoms with Gasteiger partial charge in [-0.3, -0.25) is 0 Å². The van der Waals surface area contributed by atoms with Crippen molar-refractivity contribution in [2.45, 2.75) is 32.6 Å². The largest absolute Gasteiger partial charge is 0.317 e. The number of halogens is 2. The molecule has 1 N–H and O–H groups in total. The lowest BCUT2D eigenvalue weighted by Gasteiger charge is -2.26. The van der Waals surface area contributed by atoms with Gasteiger partial charge in [-0.05, 0) is 36.6 Å². The zero-order chi connectivity index (χ0) is 12.2. The summed E-state index contributed by atoms with van der Waals surface area (Å²) in [5.74, 6) is 0. The van der Waals surface area contributed by atoms with E-state index in [0.717, 1.165) is 25.1 Å². The molecule has 90 valence electrons. The van der Waals surface area contributed by atoms with E-state index in [2.05, 4.69) is 32.2 Å². The molecule has 0 aliphatic heterocycles. The summed E-state index contributed by atoms with van der Waals surface area (Å²) in [5.41, 5.74) is 1.17. The Balaban J connectivity index is 2.84. The van der Waals surface area contributed by atoms with Crippen LogP contribution >= 0.6 is 23.2 Å². The molecule has 0 aromatic heterocycles. The molecule has 0 atom stereocenters. The van der Waals surface area contributed by atoms with E-state index in [4.69, 9.17) is 23.2 Å². The van der Waals surface area contributed by atoms with Gasteiger partial charge in [-0.25, -0.2) is 0 Å². The SMILES string of the molecule is CCNCCC(C)(C)c1cccc(Cl)c1Cl. The molecule has 0 spiro atoms. The van der Waals surface area contributed by atoms with Gasteiger partial charge in [0.15, 0.2) is 0 Å². The molecule has 0 aliphatic rings. The highest BCUT2D eigenvalue weighted by Gasteiger charge is 2.23. The average Bonchev–Trinajstić information content (AvgIpc) is 2.22. The van der Waals surface area contributed by atoms with Crippen molar-refractivity contribution < 1.29 is 0 Å².